The lowest BCUT2D eigenvalue weighted by atomic mass is 10.2. The van der Waals surface area contributed by atoms with Crippen LogP contribution in [-0.2, 0) is 9.47 Å². The normalized spacial score (nSPS) is 34.6. The van der Waals surface area contributed by atoms with Crippen LogP contribution in [0.2, 0.25) is 0 Å². The van der Waals surface area contributed by atoms with Gasteiger partial charge in [0.2, 0.25) is 0 Å². The van der Waals surface area contributed by atoms with Crippen LogP contribution in [0.5, 0.6) is 0 Å². The molecular formula is C9H15NO3. The summed E-state index contributed by atoms with van der Waals surface area (Å²) in [5, 5.41) is 10.8. The van der Waals surface area contributed by atoms with E-state index in [0.29, 0.717) is 6.54 Å². The molecule has 2 aliphatic heterocycles. The standard InChI is InChI=1S/C9H15NO3/c11-10-5-4-8(7-10)13-9-3-1-2-6-12-9/h7-9H,1-6H2. The first-order valence-electron chi connectivity index (χ1n) is 4.90. The van der Waals surface area contributed by atoms with Gasteiger partial charge in [-0.3, -0.25) is 0 Å². The van der Waals surface area contributed by atoms with Gasteiger partial charge in [0, 0.05) is 13.0 Å². The second-order valence-electron chi connectivity index (χ2n) is 3.55. The molecule has 2 atom stereocenters. The summed E-state index contributed by atoms with van der Waals surface area (Å²) in [5.74, 6) is 0. The molecule has 0 bridgehead atoms. The van der Waals surface area contributed by atoms with Gasteiger partial charge in [-0.1, -0.05) is 0 Å². The summed E-state index contributed by atoms with van der Waals surface area (Å²) in [5.41, 5.74) is 0. The van der Waals surface area contributed by atoms with Gasteiger partial charge in [-0.25, -0.2) is 4.74 Å². The van der Waals surface area contributed by atoms with Gasteiger partial charge < -0.3 is 14.7 Å². The molecule has 1 fully saturated rings. The Morgan fingerprint density at radius 3 is 2.92 bits per heavy atom. The Morgan fingerprint density at radius 2 is 2.31 bits per heavy atom. The number of hydrogen-bond acceptors (Lipinski definition) is 3. The number of rotatable bonds is 2. The third-order valence-corrected chi connectivity index (χ3v) is 2.43. The number of hydroxylamine groups is 1. The highest BCUT2D eigenvalue weighted by Crippen LogP contribution is 2.17. The summed E-state index contributed by atoms with van der Waals surface area (Å²) < 4.78 is 12.0. The Balaban J connectivity index is 1.77. The van der Waals surface area contributed by atoms with E-state index in [4.69, 9.17) is 9.47 Å². The molecule has 0 spiro atoms. The van der Waals surface area contributed by atoms with E-state index in [2.05, 4.69) is 0 Å². The molecule has 0 radical (unpaired) electrons. The van der Waals surface area contributed by atoms with Crippen LogP contribution < -0.4 is 0 Å². The predicted octanol–water partition coefficient (Wildman–Crippen LogP) is 0.883. The van der Waals surface area contributed by atoms with E-state index in [1.807, 2.05) is 0 Å². The highest BCUT2D eigenvalue weighted by molar-refractivity contribution is 5.59. The fraction of sp³-hybridized carbons (Fsp3) is 0.889. The molecule has 0 aliphatic carbocycles. The summed E-state index contributed by atoms with van der Waals surface area (Å²) in [7, 11) is 0. The van der Waals surface area contributed by atoms with E-state index in [9.17, 15) is 5.21 Å². The minimum atomic E-state index is -0.0819. The van der Waals surface area contributed by atoms with Crippen LogP contribution in [0.25, 0.3) is 0 Å². The molecule has 2 heterocycles. The van der Waals surface area contributed by atoms with Crippen molar-refractivity contribution in [2.24, 2.45) is 0 Å². The molecule has 0 aromatic carbocycles. The van der Waals surface area contributed by atoms with Gasteiger partial charge in [0.1, 0.15) is 6.10 Å². The molecule has 0 aromatic heterocycles. The molecule has 2 rings (SSSR count). The van der Waals surface area contributed by atoms with Crippen LogP contribution in [0, 0.1) is 5.21 Å². The lowest BCUT2D eigenvalue weighted by molar-refractivity contribution is -0.443. The first-order valence-corrected chi connectivity index (χ1v) is 4.90. The van der Waals surface area contributed by atoms with Crippen LogP contribution >= 0.6 is 0 Å². The van der Waals surface area contributed by atoms with Gasteiger partial charge in [-0.15, -0.1) is 0 Å². The fourth-order valence-electron chi connectivity index (χ4n) is 1.71. The van der Waals surface area contributed by atoms with E-state index in [1.54, 1.807) is 6.21 Å². The number of nitrogens with zero attached hydrogens (tertiary/aromatic N) is 1. The van der Waals surface area contributed by atoms with Crippen LogP contribution in [0.4, 0.5) is 0 Å². The topological polar surface area (TPSA) is 44.5 Å². The molecular weight excluding hydrogens is 170 g/mol. The Morgan fingerprint density at radius 1 is 1.38 bits per heavy atom. The van der Waals surface area contributed by atoms with Gasteiger partial charge in [0.25, 0.3) is 0 Å². The molecule has 4 heteroatoms. The van der Waals surface area contributed by atoms with Crippen molar-refractivity contribution in [2.75, 3.05) is 13.2 Å². The molecule has 2 aliphatic rings. The van der Waals surface area contributed by atoms with Crippen LogP contribution in [-0.4, -0.2) is 36.5 Å². The fourth-order valence-corrected chi connectivity index (χ4v) is 1.71. The summed E-state index contributed by atoms with van der Waals surface area (Å²) in [6, 6.07) is 0. The van der Waals surface area contributed by atoms with Crippen molar-refractivity contribution < 1.29 is 14.2 Å². The first-order chi connectivity index (χ1) is 6.34. The zero-order valence-corrected chi connectivity index (χ0v) is 7.65. The zero-order valence-electron chi connectivity index (χ0n) is 7.65. The second-order valence-corrected chi connectivity index (χ2v) is 3.55. The maximum absolute atomic E-state index is 10.8. The van der Waals surface area contributed by atoms with Crippen molar-refractivity contribution in [3.63, 3.8) is 0 Å². The van der Waals surface area contributed by atoms with Crippen molar-refractivity contribution >= 4 is 6.21 Å². The third-order valence-electron chi connectivity index (χ3n) is 2.43. The van der Waals surface area contributed by atoms with Crippen molar-refractivity contribution in [1.82, 2.24) is 0 Å². The third kappa shape index (κ3) is 2.42. The van der Waals surface area contributed by atoms with E-state index in [1.165, 1.54) is 6.42 Å². The van der Waals surface area contributed by atoms with E-state index in [0.717, 1.165) is 30.6 Å². The highest BCUT2D eigenvalue weighted by Gasteiger charge is 2.24. The van der Waals surface area contributed by atoms with Crippen molar-refractivity contribution in [1.29, 1.82) is 0 Å². The van der Waals surface area contributed by atoms with Gasteiger partial charge in [-0.2, -0.15) is 0 Å². The average molecular weight is 185 g/mol. The van der Waals surface area contributed by atoms with Crippen molar-refractivity contribution in [3.05, 3.63) is 5.21 Å². The molecule has 0 N–H and O–H groups in total. The van der Waals surface area contributed by atoms with Gasteiger partial charge >= 0.3 is 0 Å². The molecule has 4 nitrogen and oxygen atoms in total. The summed E-state index contributed by atoms with van der Waals surface area (Å²) in [6.07, 6.45) is 5.53. The maximum Gasteiger partial charge on any atom is 0.180 e. The van der Waals surface area contributed by atoms with Gasteiger partial charge in [0.15, 0.2) is 19.0 Å². The molecule has 2 unspecified atom stereocenters. The Labute approximate surface area is 77.7 Å². The molecule has 0 aromatic rings. The lowest BCUT2D eigenvalue weighted by Gasteiger charge is -2.23. The first kappa shape index (κ1) is 8.97. The SMILES string of the molecule is [O-][N+]1=CC(OC2CCCCO2)CC1. The minimum absolute atomic E-state index is 0.0272. The van der Waals surface area contributed by atoms with E-state index < -0.39 is 0 Å². The summed E-state index contributed by atoms with van der Waals surface area (Å²) in [6.45, 7) is 1.34. The lowest BCUT2D eigenvalue weighted by Crippen LogP contribution is -2.27. The van der Waals surface area contributed by atoms with Crippen LogP contribution in [0.1, 0.15) is 25.7 Å². The average Bonchev–Trinajstić information content (AvgIpc) is 2.53. The monoisotopic (exact) mass is 185 g/mol. The van der Waals surface area contributed by atoms with Crippen LogP contribution in [0.15, 0.2) is 0 Å². The number of hydrogen-bond donors (Lipinski definition) is 0. The smallest absolute Gasteiger partial charge is 0.180 e. The van der Waals surface area contributed by atoms with E-state index >= 15 is 0 Å². The molecule has 74 valence electrons. The Hall–Kier alpha value is -0.610. The van der Waals surface area contributed by atoms with E-state index in [-0.39, 0.29) is 12.4 Å². The van der Waals surface area contributed by atoms with Gasteiger partial charge in [0.05, 0.1) is 0 Å². The zero-order chi connectivity index (χ0) is 9.10. The van der Waals surface area contributed by atoms with Crippen LogP contribution in [0.3, 0.4) is 0 Å². The summed E-state index contributed by atoms with van der Waals surface area (Å²) in [4.78, 5) is 0. The Kier molecular flexibility index (Phi) is 2.80. The molecule has 1 saturated heterocycles. The van der Waals surface area contributed by atoms with Crippen molar-refractivity contribution in [2.45, 2.75) is 38.1 Å². The largest absolute Gasteiger partial charge is 0.624 e. The Bertz CT molecular complexity index is 199. The number of ether oxygens (including phenoxy) is 2. The molecule has 0 saturated carbocycles. The summed E-state index contributed by atoms with van der Waals surface area (Å²) >= 11 is 0. The van der Waals surface area contributed by atoms with Crippen molar-refractivity contribution in [3.8, 4) is 0 Å². The maximum atomic E-state index is 10.8. The highest BCUT2D eigenvalue weighted by atomic mass is 16.7. The minimum Gasteiger partial charge on any atom is -0.624 e. The quantitative estimate of drug-likeness (QED) is 0.474. The molecule has 0 amide bonds. The molecule has 13 heavy (non-hydrogen) atoms. The predicted molar refractivity (Wildman–Crippen MR) is 47.6 cm³/mol. The van der Waals surface area contributed by atoms with Gasteiger partial charge in [-0.05, 0) is 19.3 Å². The second kappa shape index (κ2) is 4.07.